The third kappa shape index (κ3) is 5.44. The van der Waals surface area contributed by atoms with Gasteiger partial charge in [0.2, 0.25) is 5.91 Å². The first-order chi connectivity index (χ1) is 16.6. The number of hydrogen-bond acceptors (Lipinski definition) is 4. The van der Waals surface area contributed by atoms with Crippen molar-refractivity contribution in [2.24, 2.45) is 5.92 Å². The summed E-state index contributed by atoms with van der Waals surface area (Å²) in [6.45, 7) is 3.85. The molecule has 5 nitrogen and oxygen atoms in total. The molecule has 1 saturated carbocycles. The second kappa shape index (κ2) is 10.3. The van der Waals surface area contributed by atoms with Gasteiger partial charge in [0.15, 0.2) is 11.6 Å². The Labute approximate surface area is 212 Å². The average molecular weight is 513 g/mol. The topological polar surface area (TPSA) is 76.1 Å². The molecule has 1 aliphatic rings. The quantitative estimate of drug-likeness (QED) is 0.426. The molecule has 0 saturated heterocycles. The number of Topliss-reactive ketones (excluding diaryl/α,β-unsaturated/α-hetero) is 2. The van der Waals surface area contributed by atoms with E-state index >= 15 is 0 Å². The molecule has 2 aromatic carbocycles. The fourth-order valence-corrected chi connectivity index (χ4v) is 5.03. The van der Waals surface area contributed by atoms with Gasteiger partial charge in [-0.25, -0.2) is 4.39 Å². The molecule has 35 heavy (non-hydrogen) atoms. The summed E-state index contributed by atoms with van der Waals surface area (Å²) in [4.78, 5) is 42.7. The van der Waals surface area contributed by atoms with Crippen LogP contribution in [0.4, 0.5) is 4.39 Å². The van der Waals surface area contributed by atoms with Gasteiger partial charge in [-0.1, -0.05) is 35.3 Å². The first kappa shape index (κ1) is 25.0. The van der Waals surface area contributed by atoms with Gasteiger partial charge in [0.1, 0.15) is 17.4 Å². The Morgan fingerprint density at radius 2 is 1.80 bits per heavy atom. The van der Waals surface area contributed by atoms with E-state index in [0.717, 1.165) is 5.56 Å². The minimum atomic E-state index is -0.933. The summed E-state index contributed by atoms with van der Waals surface area (Å²) in [6.07, 6.45) is 1.32. The predicted octanol–water partition coefficient (Wildman–Crippen LogP) is 5.76. The number of ketones is 2. The van der Waals surface area contributed by atoms with Crippen molar-refractivity contribution in [1.82, 2.24) is 10.3 Å². The summed E-state index contributed by atoms with van der Waals surface area (Å²) in [5.41, 5.74) is 3.51. The number of hydrogen-bond donors (Lipinski definition) is 1. The molecule has 0 bridgehead atoms. The van der Waals surface area contributed by atoms with E-state index in [2.05, 4.69) is 10.3 Å². The number of pyridine rings is 1. The number of amides is 1. The van der Waals surface area contributed by atoms with Crippen LogP contribution in [-0.2, 0) is 20.9 Å². The van der Waals surface area contributed by atoms with Crippen LogP contribution in [0.25, 0.3) is 11.3 Å². The van der Waals surface area contributed by atoms with E-state index in [4.69, 9.17) is 23.2 Å². The lowest BCUT2D eigenvalue weighted by Gasteiger charge is -2.17. The lowest BCUT2D eigenvalue weighted by Crippen LogP contribution is -2.27. The lowest BCUT2D eigenvalue weighted by atomic mass is 9.85. The molecule has 180 valence electrons. The molecule has 1 amide bonds. The van der Waals surface area contributed by atoms with Crippen LogP contribution in [0.15, 0.2) is 48.7 Å². The Morgan fingerprint density at radius 3 is 2.46 bits per heavy atom. The molecular weight excluding hydrogens is 490 g/mol. The molecule has 1 fully saturated rings. The van der Waals surface area contributed by atoms with E-state index in [0.29, 0.717) is 27.3 Å². The maximum atomic E-state index is 14.4. The van der Waals surface area contributed by atoms with Gasteiger partial charge < -0.3 is 5.32 Å². The number of nitrogens with one attached hydrogen (secondary N) is 1. The molecule has 1 aromatic heterocycles. The Balaban J connectivity index is 1.50. The van der Waals surface area contributed by atoms with E-state index in [1.165, 1.54) is 12.3 Å². The van der Waals surface area contributed by atoms with Crippen molar-refractivity contribution in [3.63, 3.8) is 0 Å². The number of halogens is 3. The normalized spacial score (nSPS) is 17.6. The van der Waals surface area contributed by atoms with E-state index in [9.17, 15) is 18.8 Å². The third-order valence-electron chi connectivity index (χ3n) is 6.23. The third-order valence-corrected chi connectivity index (χ3v) is 6.67. The number of aryl methyl sites for hydroxylation is 2. The molecule has 3 aromatic rings. The lowest BCUT2D eigenvalue weighted by molar-refractivity contribution is -0.128. The van der Waals surface area contributed by atoms with Gasteiger partial charge in [-0.05, 0) is 66.4 Å². The van der Waals surface area contributed by atoms with Crippen molar-refractivity contribution in [2.45, 2.75) is 39.2 Å². The number of carbonyl (C=O) groups excluding carboxylic acids is 3. The monoisotopic (exact) mass is 512 g/mol. The minimum Gasteiger partial charge on any atom is -0.352 e. The molecule has 1 N–H and O–H groups in total. The molecule has 0 spiro atoms. The average Bonchev–Trinajstić information content (AvgIpc) is 3.05. The highest BCUT2D eigenvalue weighted by Crippen LogP contribution is 2.38. The number of nitrogens with zero attached hydrogens (tertiary/aromatic N) is 1. The van der Waals surface area contributed by atoms with Gasteiger partial charge in [0.25, 0.3) is 0 Å². The van der Waals surface area contributed by atoms with Gasteiger partial charge >= 0.3 is 0 Å². The molecule has 4 rings (SSSR count). The van der Waals surface area contributed by atoms with E-state index in [1.807, 2.05) is 6.07 Å². The zero-order valence-corrected chi connectivity index (χ0v) is 20.7. The van der Waals surface area contributed by atoms with Gasteiger partial charge in [-0.3, -0.25) is 19.4 Å². The van der Waals surface area contributed by atoms with Crippen LogP contribution >= 0.6 is 23.2 Å². The van der Waals surface area contributed by atoms with Crippen molar-refractivity contribution in [3.8, 4) is 11.3 Å². The molecule has 1 aliphatic carbocycles. The maximum Gasteiger partial charge on any atom is 0.221 e. The Hall–Kier alpha value is -3.09. The van der Waals surface area contributed by atoms with Crippen LogP contribution in [0.2, 0.25) is 10.0 Å². The molecule has 0 aliphatic heterocycles. The van der Waals surface area contributed by atoms with Crippen LogP contribution in [0, 0.1) is 25.6 Å². The van der Waals surface area contributed by atoms with Crippen LogP contribution in [-0.4, -0.2) is 22.5 Å². The van der Waals surface area contributed by atoms with Gasteiger partial charge in [0.05, 0.1) is 5.02 Å². The second-order valence-corrected chi connectivity index (χ2v) is 9.69. The minimum absolute atomic E-state index is 0.0160. The maximum absolute atomic E-state index is 14.4. The Bertz CT molecular complexity index is 1320. The van der Waals surface area contributed by atoms with E-state index in [-0.39, 0.29) is 47.6 Å². The highest BCUT2D eigenvalue weighted by molar-refractivity contribution is 6.30. The number of aromatic nitrogens is 1. The molecule has 2 unspecified atom stereocenters. The summed E-state index contributed by atoms with van der Waals surface area (Å²) < 4.78 is 14.4. The molecule has 8 heteroatoms. The van der Waals surface area contributed by atoms with Crippen LogP contribution in [0.1, 0.15) is 41.0 Å². The second-order valence-electron chi connectivity index (χ2n) is 8.82. The summed E-state index contributed by atoms with van der Waals surface area (Å²) in [5, 5.41) is 3.55. The Kier molecular flexibility index (Phi) is 7.33. The SMILES string of the molecule is Cc1cc(-c2ncc(Cl)cc2F)cc(C)c1C1C(=O)CC(CC(=O)NCc2cccc(Cl)c2)C1=O. The Morgan fingerprint density at radius 1 is 1.09 bits per heavy atom. The predicted molar refractivity (Wildman–Crippen MR) is 133 cm³/mol. The molecular formula is C27H23Cl2FN2O3. The molecule has 2 atom stereocenters. The van der Waals surface area contributed by atoms with E-state index in [1.54, 1.807) is 44.2 Å². The zero-order valence-electron chi connectivity index (χ0n) is 19.2. The van der Waals surface area contributed by atoms with Gasteiger partial charge in [-0.2, -0.15) is 0 Å². The van der Waals surface area contributed by atoms with Crippen molar-refractivity contribution in [3.05, 3.63) is 86.8 Å². The number of rotatable bonds is 6. The highest BCUT2D eigenvalue weighted by Gasteiger charge is 2.43. The fourth-order valence-electron chi connectivity index (χ4n) is 4.67. The van der Waals surface area contributed by atoms with Crippen molar-refractivity contribution >= 4 is 40.7 Å². The van der Waals surface area contributed by atoms with Crippen LogP contribution < -0.4 is 5.32 Å². The van der Waals surface area contributed by atoms with Crippen molar-refractivity contribution < 1.29 is 18.8 Å². The van der Waals surface area contributed by atoms with Crippen LogP contribution in [0.5, 0.6) is 0 Å². The summed E-state index contributed by atoms with van der Waals surface area (Å²) in [5.74, 6) is -2.94. The number of carbonyl (C=O) groups is 3. The summed E-state index contributed by atoms with van der Waals surface area (Å²) >= 11 is 11.8. The van der Waals surface area contributed by atoms with Crippen molar-refractivity contribution in [1.29, 1.82) is 0 Å². The first-order valence-electron chi connectivity index (χ1n) is 11.1. The van der Waals surface area contributed by atoms with Crippen LogP contribution in [0.3, 0.4) is 0 Å². The molecule has 0 radical (unpaired) electrons. The van der Waals surface area contributed by atoms with Gasteiger partial charge in [0, 0.05) is 42.1 Å². The summed E-state index contributed by atoms with van der Waals surface area (Å²) in [6, 6.07) is 11.8. The standard InChI is InChI=1S/C27H23Cl2FN2O3/c1-14-6-17(26-21(30)11-20(29)13-32-26)7-15(2)24(14)25-22(33)9-18(27(25)35)10-23(34)31-12-16-4-3-5-19(28)8-16/h3-8,11,13,18,25H,9-10,12H2,1-2H3,(H,31,34). The van der Waals surface area contributed by atoms with E-state index < -0.39 is 17.7 Å². The van der Waals surface area contributed by atoms with Crippen molar-refractivity contribution in [2.75, 3.05) is 0 Å². The fraction of sp³-hybridized carbons (Fsp3) is 0.259. The zero-order chi connectivity index (χ0) is 25.3. The smallest absolute Gasteiger partial charge is 0.221 e. The number of benzene rings is 2. The molecule has 1 heterocycles. The largest absolute Gasteiger partial charge is 0.352 e. The summed E-state index contributed by atoms with van der Waals surface area (Å²) in [7, 11) is 0. The highest BCUT2D eigenvalue weighted by atomic mass is 35.5. The first-order valence-corrected chi connectivity index (χ1v) is 11.9. The van der Waals surface area contributed by atoms with Gasteiger partial charge in [-0.15, -0.1) is 0 Å².